The topological polar surface area (TPSA) is 80.0 Å². The Labute approximate surface area is 167 Å². The first-order valence-electron chi connectivity index (χ1n) is 9.06. The summed E-state index contributed by atoms with van der Waals surface area (Å²) < 4.78 is 10.8. The molecule has 1 aliphatic heterocycles. The van der Waals surface area contributed by atoms with E-state index in [0.717, 1.165) is 5.56 Å². The van der Waals surface area contributed by atoms with E-state index in [0.29, 0.717) is 22.8 Å². The number of ether oxygens (including phenoxy) is 1. The highest BCUT2D eigenvalue weighted by atomic mass is 16.5. The number of anilines is 1. The fourth-order valence-corrected chi connectivity index (χ4v) is 3.44. The van der Waals surface area contributed by atoms with Crippen molar-refractivity contribution in [2.75, 3.05) is 12.0 Å². The van der Waals surface area contributed by atoms with E-state index in [-0.39, 0.29) is 11.3 Å². The lowest BCUT2D eigenvalue weighted by atomic mass is 9.98. The van der Waals surface area contributed by atoms with Crippen molar-refractivity contribution >= 4 is 23.1 Å². The number of amides is 1. The minimum atomic E-state index is -0.890. The molecule has 1 fully saturated rings. The summed E-state index contributed by atoms with van der Waals surface area (Å²) in [4.78, 5) is 27.2. The molecule has 1 aromatic heterocycles. The zero-order chi connectivity index (χ0) is 20.5. The van der Waals surface area contributed by atoms with E-state index in [4.69, 9.17) is 9.15 Å². The van der Waals surface area contributed by atoms with E-state index in [1.165, 1.54) is 18.3 Å². The summed E-state index contributed by atoms with van der Waals surface area (Å²) in [7, 11) is 1.52. The van der Waals surface area contributed by atoms with Gasteiger partial charge in [0.2, 0.25) is 0 Å². The summed E-state index contributed by atoms with van der Waals surface area (Å²) in [6.45, 7) is 1.92. The highest BCUT2D eigenvalue weighted by Crippen LogP contribution is 2.42. The maximum Gasteiger partial charge on any atom is 0.300 e. The van der Waals surface area contributed by atoms with Crippen LogP contribution in [0.4, 0.5) is 5.69 Å². The first-order valence-corrected chi connectivity index (χ1v) is 9.06. The Hall–Kier alpha value is -3.80. The SMILES string of the molecule is COc1cccc(N2C(=O)C(=O)/C(=C(\O)c3ccc(C)cc3)C2c2ccco2)c1. The molecule has 1 atom stereocenters. The summed E-state index contributed by atoms with van der Waals surface area (Å²) in [6, 6.07) is 16.4. The summed E-state index contributed by atoms with van der Waals surface area (Å²) in [5, 5.41) is 10.9. The second kappa shape index (κ2) is 7.31. The van der Waals surface area contributed by atoms with Crippen LogP contribution in [0.5, 0.6) is 5.75 Å². The molecular formula is C23H19NO5. The third-order valence-corrected chi connectivity index (χ3v) is 4.91. The maximum atomic E-state index is 13.0. The molecular weight excluding hydrogens is 370 g/mol. The van der Waals surface area contributed by atoms with Crippen molar-refractivity contribution in [3.63, 3.8) is 0 Å². The van der Waals surface area contributed by atoms with Crippen molar-refractivity contribution in [2.45, 2.75) is 13.0 Å². The second-order valence-electron chi connectivity index (χ2n) is 6.75. The van der Waals surface area contributed by atoms with Gasteiger partial charge >= 0.3 is 0 Å². The molecule has 0 saturated carbocycles. The number of benzene rings is 2. The van der Waals surface area contributed by atoms with Crippen LogP contribution in [0.3, 0.4) is 0 Å². The number of methoxy groups -OCH3 is 1. The number of carbonyl (C=O) groups is 2. The van der Waals surface area contributed by atoms with Crippen LogP contribution in [-0.4, -0.2) is 23.9 Å². The lowest BCUT2D eigenvalue weighted by Crippen LogP contribution is -2.29. The van der Waals surface area contributed by atoms with Gasteiger partial charge in [-0.2, -0.15) is 0 Å². The third kappa shape index (κ3) is 3.18. The Bertz CT molecular complexity index is 1100. The van der Waals surface area contributed by atoms with Crippen molar-refractivity contribution in [1.29, 1.82) is 0 Å². The van der Waals surface area contributed by atoms with Crippen LogP contribution < -0.4 is 9.64 Å². The van der Waals surface area contributed by atoms with Crippen LogP contribution in [0.25, 0.3) is 5.76 Å². The van der Waals surface area contributed by atoms with Crippen LogP contribution in [0, 0.1) is 6.92 Å². The molecule has 1 N–H and O–H groups in total. The predicted octanol–water partition coefficient (Wildman–Crippen LogP) is 4.22. The fourth-order valence-electron chi connectivity index (χ4n) is 3.44. The molecule has 1 unspecified atom stereocenters. The number of aliphatic hydroxyl groups is 1. The molecule has 6 heteroatoms. The smallest absolute Gasteiger partial charge is 0.300 e. The van der Waals surface area contributed by atoms with Gasteiger partial charge < -0.3 is 14.3 Å². The van der Waals surface area contributed by atoms with E-state index >= 15 is 0 Å². The zero-order valence-electron chi connectivity index (χ0n) is 16.0. The van der Waals surface area contributed by atoms with Gasteiger partial charge in [-0.25, -0.2) is 0 Å². The van der Waals surface area contributed by atoms with E-state index in [9.17, 15) is 14.7 Å². The molecule has 4 rings (SSSR count). The molecule has 3 aromatic rings. The first kappa shape index (κ1) is 18.6. The van der Waals surface area contributed by atoms with Crippen molar-refractivity contribution in [3.8, 4) is 5.75 Å². The number of furan rings is 1. The van der Waals surface area contributed by atoms with Gasteiger partial charge in [0.05, 0.1) is 18.9 Å². The monoisotopic (exact) mass is 389 g/mol. The largest absolute Gasteiger partial charge is 0.507 e. The van der Waals surface area contributed by atoms with Crippen LogP contribution in [0.15, 0.2) is 76.9 Å². The van der Waals surface area contributed by atoms with Gasteiger partial charge in [-0.1, -0.05) is 35.9 Å². The molecule has 1 saturated heterocycles. The number of rotatable bonds is 4. The number of carbonyl (C=O) groups excluding carboxylic acids is 2. The average Bonchev–Trinajstić information content (AvgIpc) is 3.35. The van der Waals surface area contributed by atoms with Crippen molar-refractivity contribution < 1.29 is 23.8 Å². The van der Waals surface area contributed by atoms with Crippen molar-refractivity contribution in [1.82, 2.24) is 0 Å². The van der Waals surface area contributed by atoms with Gasteiger partial charge in [-0.15, -0.1) is 0 Å². The average molecular weight is 389 g/mol. The Balaban J connectivity index is 1.91. The molecule has 6 nitrogen and oxygen atoms in total. The van der Waals surface area contributed by atoms with E-state index in [1.807, 2.05) is 19.1 Å². The molecule has 2 heterocycles. The van der Waals surface area contributed by atoms with E-state index in [1.54, 1.807) is 48.5 Å². The van der Waals surface area contributed by atoms with Gasteiger partial charge in [0.1, 0.15) is 23.3 Å². The van der Waals surface area contributed by atoms with Crippen molar-refractivity contribution in [3.05, 3.63) is 89.4 Å². The molecule has 0 spiro atoms. The number of aryl methyl sites for hydroxylation is 1. The molecule has 0 aliphatic carbocycles. The summed E-state index contributed by atoms with van der Waals surface area (Å²) in [6.07, 6.45) is 1.47. The minimum absolute atomic E-state index is 0.0170. The molecule has 0 radical (unpaired) electrons. The number of ketones is 1. The molecule has 146 valence electrons. The lowest BCUT2D eigenvalue weighted by Gasteiger charge is -2.23. The quantitative estimate of drug-likeness (QED) is 0.410. The predicted molar refractivity (Wildman–Crippen MR) is 108 cm³/mol. The van der Waals surface area contributed by atoms with Gasteiger partial charge in [0, 0.05) is 17.3 Å². The number of hydrogen-bond donors (Lipinski definition) is 1. The standard InChI is InChI=1S/C23H19NO5/c1-14-8-10-15(11-9-14)21(25)19-20(18-7-4-12-29-18)24(23(27)22(19)26)16-5-3-6-17(13-16)28-2/h3-13,20,25H,1-2H3/b21-19-. The number of hydrogen-bond acceptors (Lipinski definition) is 5. The third-order valence-electron chi connectivity index (χ3n) is 4.91. The summed E-state index contributed by atoms with van der Waals surface area (Å²) >= 11 is 0. The second-order valence-corrected chi connectivity index (χ2v) is 6.75. The molecule has 29 heavy (non-hydrogen) atoms. The van der Waals surface area contributed by atoms with Crippen LogP contribution in [0.1, 0.15) is 22.9 Å². The van der Waals surface area contributed by atoms with E-state index < -0.39 is 17.7 Å². The molecule has 0 bridgehead atoms. The molecule has 1 amide bonds. The van der Waals surface area contributed by atoms with Gasteiger partial charge in [0.15, 0.2) is 0 Å². The summed E-state index contributed by atoms with van der Waals surface area (Å²) in [5.41, 5.74) is 1.92. The normalized spacial score (nSPS) is 18.3. The fraction of sp³-hybridized carbons (Fsp3) is 0.130. The zero-order valence-corrected chi connectivity index (χ0v) is 16.0. The summed E-state index contributed by atoms with van der Waals surface area (Å²) in [5.74, 6) is -0.836. The molecule has 2 aromatic carbocycles. The number of nitrogens with zero attached hydrogens (tertiary/aromatic N) is 1. The Morgan fingerprint density at radius 2 is 1.83 bits per heavy atom. The van der Waals surface area contributed by atoms with E-state index in [2.05, 4.69) is 0 Å². The Kier molecular flexibility index (Phi) is 4.68. The highest BCUT2D eigenvalue weighted by molar-refractivity contribution is 6.51. The van der Waals surface area contributed by atoms with Crippen LogP contribution in [0.2, 0.25) is 0 Å². The Morgan fingerprint density at radius 1 is 1.07 bits per heavy atom. The van der Waals surface area contributed by atoms with Crippen molar-refractivity contribution in [2.24, 2.45) is 0 Å². The number of aliphatic hydroxyl groups excluding tert-OH is 1. The van der Waals surface area contributed by atoms with Crippen LogP contribution in [-0.2, 0) is 9.59 Å². The number of Topliss-reactive ketones (excluding diaryl/α,β-unsaturated/α-hetero) is 1. The lowest BCUT2D eigenvalue weighted by molar-refractivity contribution is -0.132. The first-order chi connectivity index (χ1) is 14.0. The van der Waals surface area contributed by atoms with Crippen LogP contribution >= 0.6 is 0 Å². The maximum absolute atomic E-state index is 13.0. The van der Waals surface area contributed by atoms with Gasteiger partial charge in [-0.05, 0) is 31.2 Å². The molecule has 1 aliphatic rings. The Morgan fingerprint density at radius 3 is 2.48 bits per heavy atom. The minimum Gasteiger partial charge on any atom is -0.507 e. The van der Waals surface area contributed by atoms with Gasteiger partial charge in [0.25, 0.3) is 11.7 Å². The highest BCUT2D eigenvalue weighted by Gasteiger charge is 2.48. The van der Waals surface area contributed by atoms with Gasteiger partial charge in [-0.3, -0.25) is 14.5 Å².